The van der Waals surface area contributed by atoms with Crippen molar-refractivity contribution in [2.45, 2.75) is 69.7 Å². The first kappa shape index (κ1) is 27.3. The number of likely N-dealkylation sites (tertiary alicyclic amines) is 2. The maximum atomic E-state index is 13.0. The highest BCUT2D eigenvalue weighted by molar-refractivity contribution is 5.79. The number of benzene rings is 1. The van der Waals surface area contributed by atoms with Crippen LogP contribution in [0.2, 0.25) is 0 Å². The summed E-state index contributed by atoms with van der Waals surface area (Å²) in [6, 6.07) is 7.91. The van der Waals surface area contributed by atoms with E-state index in [0.29, 0.717) is 6.10 Å². The highest BCUT2D eigenvalue weighted by Gasteiger charge is 2.44. The number of alkyl halides is 3. The van der Waals surface area contributed by atoms with E-state index in [1.807, 2.05) is 31.2 Å². The second-order valence-corrected chi connectivity index (χ2v) is 9.52. The molecule has 0 radical (unpaired) electrons. The molecule has 1 aromatic carbocycles. The van der Waals surface area contributed by atoms with Crippen LogP contribution < -0.4 is 4.74 Å². The van der Waals surface area contributed by atoms with Gasteiger partial charge in [0.1, 0.15) is 5.75 Å². The van der Waals surface area contributed by atoms with Crippen LogP contribution in [0, 0.1) is 6.92 Å². The first-order valence-corrected chi connectivity index (χ1v) is 12.2. The molecule has 2 atom stereocenters. The molecule has 3 fully saturated rings. The molecular formula is C25H35F3N2O5. The topological polar surface area (TPSA) is 79.3 Å². The van der Waals surface area contributed by atoms with Crippen LogP contribution in [0.4, 0.5) is 13.2 Å². The molecule has 7 nitrogen and oxygen atoms in total. The Hall–Kier alpha value is -2.33. The van der Waals surface area contributed by atoms with Crippen molar-refractivity contribution in [1.29, 1.82) is 0 Å². The number of hydrogen-bond acceptors (Lipinski definition) is 5. The highest BCUT2D eigenvalue weighted by Crippen LogP contribution is 2.38. The number of para-hydroxylation sites is 1. The van der Waals surface area contributed by atoms with Gasteiger partial charge in [0.15, 0.2) is 6.61 Å². The van der Waals surface area contributed by atoms with E-state index in [1.54, 1.807) is 0 Å². The number of hydrogen-bond donors (Lipinski definition) is 1. The summed E-state index contributed by atoms with van der Waals surface area (Å²) in [5.74, 6) is -1.80. The molecular weight excluding hydrogens is 465 g/mol. The van der Waals surface area contributed by atoms with Crippen LogP contribution in [0.15, 0.2) is 24.3 Å². The lowest BCUT2D eigenvalue weighted by Gasteiger charge is -2.38. The molecule has 0 saturated carbocycles. The van der Waals surface area contributed by atoms with Crippen molar-refractivity contribution in [3.8, 4) is 5.75 Å². The van der Waals surface area contributed by atoms with Gasteiger partial charge in [0.05, 0.1) is 6.10 Å². The Morgan fingerprint density at radius 1 is 1.11 bits per heavy atom. The smallest absolute Gasteiger partial charge is 0.484 e. The van der Waals surface area contributed by atoms with E-state index >= 15 is 0 Å². The first-order valence-electron chi connectivity index (χ1n) is 12.2. The van der Waals surface area contributed by atoms with Crippen LogP contribution in [0.1, 0.15) is 50.5 Å². The molecule has 3 heterocycles. The van der Waals surface area contributed by atoms with E-state index in [4.69, 9.17) is 19.4 Å². The van der Waals surface area contributed by atoms with Crippen molar-refractivity contribution in [1.82, 2.24) is 9.80 Å². The number of aryl methyl sites for hydroxylation is 1. The minimum atomic E-state index is -5.08. The van der Waals surface area contributed by atoms with Gasteiger partial charge >= 0.3 is 12.1 Å². The molecule has 3 aliphatic rings. The SMILES string of the molecule is Cc1ccccc1OCC(=O)N1CCCC12CCCN(CC1CCCO1)CC2.O=C(O)C(F)(F)F. The summed E-state index contributed by atoms with van der Waals surface area (Å²) in [5, 5.41) is 7.12. The largest absolute Gasteiger partial charge is 0.490 e. The molecule has 196 valence electrons. The lowest BCUT2D eigenvalue weighted by atomic mass is 9.87. The van der Waals surface area contributed by atoms with Crippen molar-refractivity contribution in [3.05, 3.63) is 29.8 Å². The number of nitrogens with zero attached hydrogens (tertiary/aromatic N) is 2. The minimum Gasteiger partial charge on any atom is -0.484 e. The Morgan fingerprint density at radius 3 is 2.43 bits per heavy atom. The number of amides is 1. The quantitative estimate of drug-likeness (QED) is 0.658. The van der Waals surface area contributed by atoms with Gasteiger partial charge in [-0.2, -0.15) is 13.2 Å². The standard InChI is InChI=1S/C23H34N2O3.C2HF3O2/c1-19-7-2-3-9-21(19)28-18-22(26)25-14-6-11-23(25)10-5-13-24(15-12-23)17-20-8-4-16-27-20;3-2(4,5)1(6)7/h2-3,7,9,20H,4-6,8,10-18H2,1H3;(H,6,7). The van der Waals surface area contributed by atoms with E-state index in [0.717, 1.165) is 76.2 Å². The molecule has 10 heteroatoms. The Bertz CT molecular complexity index is 860. The van der Waals surface area contributed by atoms with Gasteiger partial charge in [-0.25, -0.2) is 4.79 Å². The molecule has 1 amide bonds. The lowest BCUT2D eigenvalue weighted by Crippen LogP contribution is -2.49. The van der Waals surface area contributed by atoms with Crippen molar-refractivity contribution >= 4 is 11.9 Å². The van der Waals surface area contributed by atoms with Crippen LogP contribution >= 0.6 is 0 Å². The number of aliphatic carboxylic acids is 1. The van der Waals surface area contributed by atoms with E-state index in [2.05, 4.69) is 9.80 Å². The third kappa shape index (κ3) is 7.57. The van der Waals surface area contributed by atoms with Gasteiger partial charge in [-0.1, -0.05) is 18.2 Å². The van der Waals surface area contributed by atoms with E-state index in [1.165, 1.54) is 12.8 Å². The summed E-state index contributed by atoms with van der Waals surface area (Å²) in [7, 11) is 0. The maximum absolute atomic E-state index is 13.0. The molecule has 0 bridgehead atoms. The molecule has 0 aromatic heterocycles. The molecule has 3 saturated heterocycles. The number of carbonyl (C=O) groups excluding carboxylic acids is 1. The van der Waals surface area contributed by atoms with Crippen molar-refractivity contribution in [2.24, 2.45) is 0 Å². The average molecular weight is 501 g/mol. The van der Waals surface area contributed by atoms with Crippen LogP contribution in [-0.4, -0.2) is 84.0 Å². The highest BCUT2D eigenvalue weighted by atomic mass is 19.4. The number of carboxylic acid groups (broad SMARTS) is 1. The number of carboxylic acids is 1. The molecule has 3 aliphatic heterocycles. The van der Waals surface area contributed by atoms with Crippen molar-refractivity contribution in [3.63, 3.8) is 0 Å². The summed E-state index contributed by atoms with van der Waals surface area (Å²) >= 11 is 0. The van der Waals surface area contributed by atoms with Crippen molar-refractivity contribution < 1.29 is 37.3 Å². The molecule has 1 N–H and O–H groups in total. The minimum absolute atomic E-state index is 0.0391. The maximum Gasteiger partial charge on any atom is 0.490 e. The zero-order chi connectivity index (χ0) is 25.5. The molecule has 2 unspecified atom stereocenters. The zero-order valence-electron chi connectivity index (χ0n) is 20.2. The van der Waals surface area contributed by atoms with E-state index < -0.39 is 12.1 Å². The predicted molar refractivity (Wildman–Crippen MR) is 123 cm³/mol. The Labute approximate surface area is 204 Å². The average Bonchev–Trinajstić information content (AvgIpc) is 3.41. The fourth-order valence-corrected chi connectivity index (χ4v) is 5.28. The Kier molecular flexibility index (Phi) is 9.40. The van der Waals surface area contributed by atoms with Crippen molar-refractivity contribution in [2.75, 3.05) is 39.4 Å². The first-order chi connectivity index (χ1) is 16.6. The Morgan fingerprint density at radius 2 is 1.80 bits per heavy atom. The van der Waals surface area contributed by atoms with Gasteiger partial charge in [-0.3, -0.25) is 4.79 Å². The fraction of sp³-hybridized carbons (Fsp3) is 0.680. The number of ether oxygens (including phenoxy) is 2. The van der Waals surface area contributed by atoms with Gasteiger partial charge in [0, 0.05) is 31.8 Å². The second kappa shape index (κ2) is 12.1. The molecule has 4 rings (SSSR count). The number of carbonyl (C=O) groups is 2. The molecule has 0 aliphatic carbocycles. The Balaban J connectivity index is 0.000000429. The third-order valence-corrected chi connectivity index (χ3v) is 7.08. The van der Waals surface area contributed by atoms with Gasteiger partial charge < -0.3 is 24.4 Å². The van der Waals surface area contributed by atoms with Gasteiger partial charge in [0.25, 0.3) is 5.91 Å². The third-order valence-electron chi connectivity index (χ3n) is 7.08. The second-order valence-electron chi connectivity index (χ2n) is 9.52. The summed E-state index contributed by atoms with van der Waals surface area (Å²) in [5.41, 5.74) is 1.11. The van der Waals surface area contributed by atoms with Crippen LogP contribution in [0.3, 0.4) is 0 Å². The normalized spacial score (nSPS) is 25.1. The summed E-state index contributed by atoms with van der Waals surface area (Å²) < 4.78 is 43.4. The van der Waals surface area contributed by atoms with E-state index in [9.17, 15) is 18.0 Å². The number of halogens is 3. The molecule has 1 aromatic rings. The lowest BCUT2D eigenvalue weighted by molar-refractivity contribution is -0.192. The van der Waals surface area contributed by atoms with Crippen LogP contribution in [-0.2, 0) is 14.3 Å². The zero-order valence-corrected chi connectivity index (χ0v) is 20.2. The van der Waals surface area contributed by atoms with Gasteiger partial charge in [-0.05, 0) is 70.0 Å². The van der Waals surface area contributed by atoms with Gasteiger partial charge in [-0.15, -0.1) is 0 Å². The van der Waals surface area contributed by atoms with E-state index in [-0.39, 0.29) is 18.1 Å². The van der Waals surface area contributed by atoms with Crippen LogP contribution in [0.5, 0.6) is 5.75 Å². The fourth-order valence-electron chi connectivity index (χ4n) is 5.28. The summed E-state index contributed by atoms with van der Waals surface area (Å²) in [6.07, 6.45) is 3.33. The summed E-state index contributed by atoms with van der Waals surface area (Å²) in [6.45, 7) is 7.22. The van der Waals surface area contributed by atoms with Gasteiger partial charge in [0.2, 0.25) is 0 Å². The summed E-state index contributed by atoms with van der Waals surface area (Å²) in [4.78, 5) is 26.7. The predicted octanol–water partition coefficient (Wildman–Crippen LogP) is 4.03. The molecule has 35 heavy (non-hydrogen) atoms. The number of rotatable bonds is 5. The van der Waals surface area contributed by atoms with Crippen LogP contribution in [0.25, 0.3) is 0 Å². The monoisotopic (exact) mass is 500 g/mol. The molecule has 1 spiro atoms.